The van der Waals surface area contributed by atoms with Gasteiger partial charge in [0.1, 0.15) is 6.10 Å². The van der Waals surface area contributed by atoms with E-state index in [-0.39, 0.29) is 29.7 Å². The molecule has 0 spiro atoms. The van der Waals surface area contributed by atoms with E-state index >= 15 is 0 Å². The quantitative estimate of drug-likeness (QED) is 0.694. The Balaban J connectivity index is 2.73. The maximum Gasteiger partial charge on any atom is 0.216 e. The van der Waals surface area contributed by atoms with Gasteiger partial charge in [-0.3, -0.25) is 9.59 Å². The third-order valence-corrected chi connectivity index (χ3v) is 3.23. The molecule has 0 fully saturated rings. The summed E-state index contributed by atoms with van der Waals surface area (Å²) in [6.07, 6.45) is -2.02. The second kappa shape index (κ2) is 7.38. The lowest BCUT2D eigenvalue weighted by atomic mass is 10.00. The van der Waals surface area contributed by atoms with Crippen LogP contribution in [0.3, 0.4) is 0 Å². The molecule has 6 heteroatoms. The third kappa shape index (κ3) is 4.59. The predicted octanol–water partition coefficient (Wildman–Crippen LogP) is 1.46. The van der Waals surface area contributed by atoms with Gasteiger partial charge in [0.2, 0.25) is 5.91 Å². The number of ketones is 1. The van der Waals surface area contributed by atoms with Gasteiger partial charge >= 0.3 is 0 Å². The second-order valence-corrected chi connectivity index (χ2v) is 4.98. The fraction of sp³-hybridized carbons (Fsp3) is 0.429. The Morgan fingerprint density at radius 2 is 1.95 bits per heavy atom. The van der Waals surface area contributed by atoms with Gasteiger partial charge in [-0.15, -0.1) is 0 Å². The number of aliphatic hydroxyl groups is 2. The molecule has 1 aromatic rings. The van der Waals surface area contributed by atoms with Crippen LogP contribution in [0.25, 0.3) is 0 Å². The lowest BCUT2D eigenvalue weighted by Crippen LogP contribution is -2.27. The van der Waals surface area contributed by atoms with E-state index in [0.29, 0.717) is 11.1 Å². The molecule has 5 nitrogen and oxygen atoms in total. The fourth-order valence-electron chi connectivity index (χ4n) is 1.75. The van der Waals surface area contributed by atoms with Crippen LogP contribution in [0.1, 0.15) is 42.3 Å². The topological polar surface area (TPSA) is 86.6 Å². The lowest BCUT2D eigenvalue weighted by molar-refractivity contribution is -0.119. The van der Waals surface area contributed by atoms with Crippen molar-refractivity contribution < 1.29 is 19.8 Å². The largest absolute Gasteiger partial charge is 0.390 e. The van der Waals surface area contributed by atoms with E-state index in [1.54, 1.807) is 6.07 Å². The van der Waals surface area contributed by atoms with Crippen molar-refractivity contribution in [3.8, 4) is 0 Å². The molecule has 0 aliphatic carbocycles. The number of carbonyl (C=O) groups is 2. The first kappa shape index (κ1) is 16.6. The number of hydrogen-bond donors (Lipinski definition) is 3. The van der Waals surface area contributed by atoms with Crippen LogP contribution in [-0.4, -0.2) is 34.6 Å². The van der Waals surface area contributed by atoms with Gasteiger partial charge in [0.25, 0.3) is 0 Å². The SMILES string of the molecule is CC(=O)NCCC(O)C(O)c1ccc(C(C)=O)cc1Cl. The monoisotopic (exact) mass is 299 g/mol. The fourth-order valence-corrected chi connectivity index (χ4v) is 2.04. The minimum atomic E-state index is -1.17. The van der Waals surface area contributed by atoms with Crippen LogP contribution in [0.15, 0.2) is 18.2 Å². The third-order valence-electron chi connectivity index (χ3n) is 2.90. The molecular formula is C14H18ClNO4. The number of hydrogen-bond acceptors (Lipinski definition) is 4. The van der Waals surface area contributed by atoms with E-state index < -0.39 is 12.2 Å². The molecule has 3 N–H and O–H groups in total. The van der Waals surface area contributed by atoms with Crippen molar-refractivity contribution in [2.45, 2.75) is 32.5 Å². The summed E-state index contributed by atoms with van der Waals surface area (Å²) in [5.74, 6) is -0.324. The first-order valence-electron chi connectivity index (χ1n) is 6.24. The van der Waals surface area contributed by atoms with Crippen molar-refractivity contribution >= 4 is 23.3 Å². The summed E-state index contributed by atoms with van der Waals surface area (Å²) in [7, 11) is 0. The van der Waals surface area contributed by atoms with Gasteiger partial charge in [-0.1, -0.05) is 23.7 Å². The average Bonchev–Trinajstić information content (AvgIpc) is 2.37. The van der Waals surface area contributed by atoms with E-state index in [4.69, 9.17) is 11.6 Å². The lowest BCUT2D eigenvalue weighted by Gasteiger charge is -2.19. The molecule has 0 radical (unpaired) electrons. The van der Waals surface area contributed by atoms with Crippen molar-refractivity contribution in [2.24, 2.45) is 0 Å². The molecular weight excluding hydrogens is 282 g/mol. The molecule has 0 heterocycles. The maximum absolute atomic E-state index is 11.2. The van der Waals surface area contributed by atoms with E-state index in [1.165, 1.54) is 26.0 Å². The molecule has 1 aromatic carbocycles. The Bertz CT molecular complexity index is 504. The molecule has 1 amide bonds. The molecule has 0 bridgehead atoms. The van der Waals surface area contributed by atoms with Crippen molar-refractivity contribution in [1.82, 2.24) is 5.32 Å². The number of halogens is 1. The van der Waals surface area contributed by atoms with Crippen LogP contribution in [0.5, 0.6) is 0 Å². The molecule has 0 aliphatic rings. The second-order valence-electron chi connectivity index (χ2n) is 4.58. The van der Waals surface area contributed by atoms with Gasteiger partial charge in [-0.25, -0.2) is 0 Å². The van der Waals surface area contributed by atoms with Crippen LogP contribution in [0.2, 0.25) is 5.02 Å². The highest BCUT2D eigenvalue weighted by atomic mass is 35.5. The zero-order valence-electron chi connectivity index (χ0n) is 11.4. The average molecular weight is 300 g/mol. The Morgan fingerprint density at radius 3 is 2.45 bits per heavy atom. The molecule has 110 valence electrons. The first-order valence-corrected chi connectivity index (χ1v) is 6.61. The predicted molar refractivity (Wildman–Crippen MR) is 75.7 cm³/mol. The van der Waals surface area contributed by atoms with Crippen molar-refractivity contribution in [2.75, 3.05) is 6.54 Å². The van der Waals surface area contributed by atoms with E-state index in [9.17, 15) is 19.8 Å². The Morgan fingerprint density at radius 1 is 1.30 bits per heavy atom. The van der Waals surface area contributed by atoms with Gasteiger partial charge in [-0.05, 0) is 19.4 Å². The highest BCUT2D eigenvalue weighted by Crippen LogP contribution is 2.27. The van der Waals surface area contributed by atoms with Crippen LogP contribution in [0, 0.1) is 0 Å². The summed E-state index contributed by atoms with van der Waals surface area (Å²) in [5, 5.41) is 22.7. The van der Waals surface area contributed by atoms with Crippen LogP contribution < -0.4 is 5.32 Å². The molecule has 0 aromatic heterocycles. The number of carbonyl (C=O) groups excluding carboxylic acids is 2. The smallest absolute Gasteiger partial charge is 0.216 e. The van der Waals surface area contributed by atoms with E-state index in [0.717, 1.165) is 0 Å². The highest BCUT2D eigenvalue weighted by Gasteiger charge is 2.21. The van der Waals surface area contributed by atoms with Gasteiger partial charge in [-0.2, -0.15) is 0 Å². The molecule has 2 unspecified atom stereocenters. The highest BCUT2D eigenvalue weighted by molar-refractivity contribution is 6.31. The maximum atomic E-state index is 11.2. The number of benzene rings is 1. The van der Waals surface area contributed by atoms with Crippen molar-refractivity contribution in [3.05, 3.63) is 34.3 Å². The summed E-state index contributed by atoms with van der Waals surface area (Å²) in [6, 6.07) is 4.53. The zero-order valence-corrected chi connectivity index (χ0v) is 12.1. The van der Waals surface area contributed by atoms with E-state index in [2.05, 4.69) is 5.32 Å². The van der Waals surface area contributed by atoms with Crippen molar-refractivity contribution in [1.29, 1.82) is 0 Å². The normalized spacial score (nSPS) is 13.7. The standard InChI is InChI=1S/C14H18ClNO4/c1-8(17)10-3-4-11(12(15)7-10)14(20)13(19)5-6-16-9(2)18/h3-4,7,13-14,19-20H,5-6H2,1-2H3,(H,16,18). The minimum absolute atomic E-state index is 0.126. The minimum Gasteiger partial charge on any atom is -0.390 e. The molecule has 20 heavy (non-hydrogen) atoms. The Hall–Kier alpha value is -1.43. The Kier molecular flexibility index (Phi) is 6.13. The van der Waals surface area contributed by atoms with Gasteiger partial charge in [0, 0.05) is 29.6 Å². The molecule has 1 rings (SSSR count). The van der Waals surface area contributed by atoms with Gasteiger partial charge in [0.15, 0.2) is 5.78 Å². The number of aliphatic hydroxyl groups excluding tert-OH is 2. The van der Waals surface area contributed by atoms with E-state index in [1.807, 2.05) is 0 Å². The number of Topliss-reactive ketones (excluding diaryl/α,β-unsaturated/α-hetero) is 1. The zero-order chi connectivity index (χ0) is 15.3. The Labute approximate surface area is 122 Å². The van der Waals surface area contributed by atoms with Crippen LogP contribution in [0.4, 0.5) is 0 Å². The summed E-state index contributed by atoms with van der Waals surface area (Å²) >= 11 is 6.00. The van der Waals surface area contributed by atoms with Gasteiger partial charge in [0.05, 0.1) is 6.10 Å². The summed E-state index contributed by atoms with van der Waals surface area (Å²) in [6.45, 7) is 3.06. The summed E-state index contributed by atoms with van der Waals surface area (Å²) in [4.78, 5) is 21.9. The molecule has 2 atom stereocenters. The van der Waals surface area contributed by atoms with Crippen LogP contribution in [-0.2, 0) is 4.79 Å². The summed E-state index contributed by atoms with van der Waals surface area (Å²) in [5.41, 5.74) is 0.797. The molecule has 0 aliphatic heterocycles. The first-order chi connectivity index (χ1) is 9.32. The number of rotatable bonds is 6. The summed E-state index contributed by atoms with van der Waals surface area (Å²) < 4.78 is 0. The number of amides is 1. The molecule has 0 saturated carbocycles. The molecule has 0 saturated heterocycles. The van der Waals surface area contributed by atoms with Gasteiger partial charge < -0.3 is 15.5 Å². The van der Waals surface area contributed by atoms with Crippen molar-refractivity contribution in [3.63, 3.8) is 0 Å². The van der Waals surface area contributed by atoms with Crippen LogP contribution >= 0.6 is 11.6 Å². The number of nitrogens with one attached hydrogen (secondary N) is 1.